The van der Waals surface area contributed by atoms with Gasteiger partial charge in [0.2, 0.25) is 0 Å². The third-order valence-electron chi connectivity index (χ3n) is 3.40. The molecule has 0 aliphatic rings. The molecule has 1 aromatic heterocycles. The van der Waals surface area contributed by atoms with Crippen molar-refractivity contribution in [1.82, 2.24) is 0 Å². The van der Waals surface area contributed by atoms with Gasteiger partial charge in [-0.3, -0.25) is 4.79 Å². The van der Waals surface area contributed by atoms with Crippen LogP contribution in [0.1, 0.15) is 47.5 Å². The van der Waals surface area contributed by atoms with Gasteiger partial charge in [-0.05, 0) is 45.7 Å². The molecule has 0 saturated carbocycles. The first-order valence-corrected chi connectivity index (χ1v) is 8.98. The topological polar surface area (TPSA) is 75.0 Å². The Morgan fingerprint density at radius 1 is 1.19 bits per heavy atom. The fourth-order valence-corrected chi connectivity index (χ4v) is 2.47. The van der Waals surface area contributed by atoms with Crippen LogP contribution in [0.25, 0.3) is 11.0 Å². The number of fused-ring (bicyclic) bond motifs is 1. The van der Waals surface area contributed by atoms with Gasteiger partial charge in [0.15, 0.2) is 5.75 Å². The lowest BCUT2D eigenvalue weighted by Gasteiger charge is -2.23. The second kappa shape index (κ2) is 8.75. The number of allylic oxidation sites excluding steroid dienone is 1. The van der Waals surface area contributed by atoms with E-state index in [9.17, 15) is 9.59 Å². The number of hydrogen-bond donors (Lipinski definition) is 0. The molecule has 0 radical (unpaired) electrons. The second-order valence-corrected chi connectivity index (χ2v) is 7.00. The molecule has 0 bridgehead atoms. The quantitative estimate of drug-likeness (QED) is 0.304. The third kappa shape index (κ3) is 5.61. The van der Waals surface area contributed by atoms with Gasteiger partial charge in [0.25, 0.3) is 5.75 Å². The Morgan fingerprint density at radius 3 is 2.56 bits per heavy atom. The summed E-state index contributed by atoms with van der Waals surface area (Å²) in [5, 5.41) is 0.461. The fraction of sp³-hybridized carbons (Fsp3) is 0.429. The molecule has 0 spiro atoms. The minimum absolute atomic E-state index is 0.154. The molecule has 0 aliphatic heterocycles. The highest BCUT2D eigenvalue weighted by Gasteiger charge is 2.24. The van der Waals surface area contributed by atoms with Gasteiger partial charge in [0.05, 0.1) is 6.61 Å². The third-order valence-corrected chi connectivity index (χ3v) is 3.40. The SMILES string of the molecule is CCC=CCCOc1c(OC(C)=O)c(=O)oc2cccc(OC(C)(C)C)c12. The van der Waals surface area contributed by atoms with Crippen molar-refractivity contribution in [3.63, 3.8) is 0 Å². The van der Waals surface area contributed by atoms with Crippen molar-refractivity contribution >= 4 is 16.9 Å². The first-order chi connectivity index (χ1) is 12.7. The van der Waals surface area contributed by atoms with Crippen LogP contribution < -0.4 is 19.8 Å². The smallest absolute Gasteiger partial charge is 0.383 e. The number of carbonyl (C=O) groups is 1. The largest absolute Gasteiger partial charge is 0.488 e. The maximum absolute atomic E-state index is 12.3. The Labute approximate surface area is 158 Å². The molecule has 0 fully saturated rings. The molecule has 0 saturated heterocycles. The number of ether oxygens (including phenoxy) is 3. The molecule has 0 atom stereocenters. The van der Waals surface area contributed by atoms with Crippen molar-refractivity contribution in [1.29, 1.82) is 0 Å². The van der Waals surface area contributed by atoms with Crippen molar-refractivity contribution < 1.29 is 23.4 Å². The lowest BCUT2D eigenvalue weighted by Crippen LogP contribution is -2.23. The maximum Gasteiger partial charge on any atom is 0.383 e. The fourth-order valence-electron chi connectivity index (χ4n) is 2.47. The molecule has 2 aromatic rings. The lowest BCUT2D eigenvalue weighted by molar-refractivity contribution is -0.132. The summed E-state index contributed by atoms with van der Waals surface area (Å²) in [5.41, 5.74) is -0.950. The molecular formula is C21H26O6. The summed E-state index contributed by atoms with van der Waals surface area (Å²) in [6, 6.07) is 5.13. The van der Waals surface area contributed by atoms with E-state index in [-0.39, 0.29) is 11.5 Å². The Morgan fingerprint density at radius 2 is 1.93 bits per heavy atom. The summed E-state index contributed by atoms with van der Waals surface area (Å²) in [4.78, 5) is 23.8. The molecule has 2 rings (SSSR count). The summed E-state index contributed by atoms with van der Waals surface area (Å²) in [6.07, 6.45) is 5.60. The normalized spacial score (nSPS) is 11.7. The van der Waals surface area contributed by atoms with Crippen molar-refractivity contribution in [2.45, 2.75) is 53.1 Å². The highest BCUT2D eigenvalue weighted by molar-refractivity contribution is 5.92. The average Bonchev–Trinajstić information content (AvgIpc) is 2.55. The zero-order valence-electron chi connectivity index (χ0n) is 16.5. The Hall–Kier alpha value is -2.76. The van der Waals surface area contributed by atoms with Crippen LogP contribution in [0, 0.1) is 0 Å². The molecule has 6 nitrogen and oxygen atoms in total. The lowest BCUT2D eigenvalue weighted by atomic mass is 10.1. The predicted molar refractivity (Wildman–Crippen MR) is 104 cm³/mol. The van der Waals surface area contributed by atoms with Crippen LogP contribution in [0.5, 0.6) is 17.2 Å². The minimum atomic E-state index is -0.773. The predicted octanol–water partition coefficient (Wildman–Crippen LogP) is 4.63. The van der Waals surface area contributed by atoms with E-state index in [1.165, 1.54) is 6.92 Å². The average molecular weight is 374 g/mol. The zero-order valence-corrected chi connectivity index (χ0v) is 16.5. The van der Waals surface area contributed by atoms with E-state index in [2.05, 4.69) is 0 Å². The highest BCUT2D eigenvalue weighted by Crippen LogP contribution is 2.40. The van der Waals surface area contributed by atoms with E-state index in [0.29, 0.717) is 29.7 Å². The molecule has 1 heterocycles. The van der Waals surface area contributed by atoms with E-state index in [1.54, 1.807) is 18.2 Å². The van der Waals surface area contributed by atoms with Crippen LogP contribution in [0.2, 0.25) is 0 Å². The molecule has 0 unspecified atom stereocenters. The van der Waals surface area contributed by atoms with Gasteiger partial charge >= 0.3 is 11.6 Å². The van der Waals surface area contributed by atoms with Crippen molar-refractivity contribution in [3.8, 4) is 17.2 Å². The van der Waals surface area contributed by atoms with Crippen LogP contribution in [0.4, 0.5) is 0 Å². The van der Waals surface area contributed by atoms with Crippen LogP contribution in [0.15, 0.2) is 39.6 Å². The standard InChI is InChI=1S/C21H26O6/c1-6-7-8-9-13-24-18-17-15(26-20(23)19(18)25-14(2)22)11-10-12-16(17)27-21(3,4)5/h7-8,10-12H,6,9,13H2,1-5H3. The Bertz CT molecular complexity index is 886. The highest BCUT2D eigenvalue weighted by atomic mass is 16.6. The summed E-state index contributed by atoms with van der Waals surface area (Å²) in [5.74, 6) is -0.261. The van der Waals surface area contributed by atoms with E-state index >= 15 is 0 Å². The van der Waals surface area contributed by atoms with Gasteiger partial charge in [-0.2, -0.15) is 0 Å². The van der Waals surface area contributed by atoms with Crippen molar-refractivity contribution in [2.75, 3.05) is 6.61 Å². The summed E-state index contributed by atoms with van der Waals surface area (Å²) < 4.78 is 22.3. The van der Waals surface area contributed by atoms with Gasteiger partial charge in [-0.25, -0.2) is 4.79 Å². The van der Waals surface area contributed by atoms with Crippen molar-refractivity contribution in [3.05, 3.63) is 40.8 Å². The summed E-state index contributed by atoms with van der Waals surface area (Å²) in [7, 11) is 0. The molecule has 27 heavy (non-hydrogen) atoms. The molecular weight excluding hydrogens is 348 g/mol. The van der Waals surface area contributed by atoms with E-state index in [4.69, 9.17) is 18.6 Å². The Balaban J connectivity index is 2.60. The monoisotopic (exact) mass is 374 g/mol. The number of esters is 1. The first kappa shape index (κ1) is 20.6. The molecule has 1 aromatic carbocycles. The van der Waals surface area contributed by atoms with E-state index in [1.807, 2.05) is 39.8 Å². The van der Waals surface area contributed by atoms with Gasteiger partial charge in [0, 0.05) is 6.92 Å². The Kier molecular flexibility index (Phi) is 6.66. The number of rotatable bonds is 7. The van der Waals surface area contributed by atoms with Crippen LogP contribution in [-0.2, 0) is 4.79 Å². The zero-order chi connectivity index (χ0) is 20.0. The van der Waals surface area contributed by atoms with Crippen LogP contribution in [-0.4, -0.2) is 18.2 Å². The van der Waals surface area contributed by atoms with E-state index in [0.717, 1.165) is 6.42 Å². The second-order valence-electron chi connectivity index (χ2n) is 7.00. The van der Waals surface area contributed by atoms with Crippen LogP contribution >= 0.6 is 0 Å². The van der Waals surface area contributed by atoms with Gasteiger partial charge in [0.1, 0.15) is 22.3 Å². The van der Waals surface area contributed by atoms with Gasteiger partial charge in [-0.15, -0.1) is 0 Å². The summed E-state index contributed by atoms with van der Waals surface area (Å²) in [6.45, 7) is 9.31. The van der Waals surface area contributed by atoms with Gasteiger partial charge in [-0.1, -0.05) is 25.1 Å². The van der Waals surface area contributed by atoms with E-state index < -0.39 is 17.2 Å². The molecule has 146 valence electrons. The number of benzene rings is 1. The molecule has 0 aliphatic carbocycles. The molecule has 6 heteroatoms. The van der Waals surface area contributed by atoms with Crippen molar-refractivity contribution in [2.24, 2.45) is 0 Å². The minimum Gasteiger partial charge on any atom is -0.488 e. The molecule has 0 amide bonds. The number of hydrogen-bond acceptors (Lipinski definition) is 6. The number of carbonyl (C=O) groups excluding carboxylic acids is 1. The first-order valence-electron chi connectivity index (χ1n) is 8.98. The molecule has 0 N–H and O–H groups in total. The van der Waals surface area contributed by atoms with Crippen LogP contribution in [0.3, 0.4) is 0 Å². The summed E-state index contributed by atoms with van der Waals surface area (Å²) >= 11 is 0. The van der Waals surface area contributed by atoms with Gasteiger partial charge < -0.3 is 18.6 Å². The maximum atomic E-state index is 12.3.